The second kappa shape index (κ2) is 5.43. The first-order valence-electron chi connectivity index (χ1n) is 5.95. The van der Waals surface area contributed by atoms with Gasteiger partial charge in [0, 0.05) is 12.2 Å². The van der Waals surface area contributed by atoms with Gasteiger partial charge in [0.25, 0.3) is 0 Å². The standard InChI is InChI=1S/C13H17ClN2OS/c1-13(5-2-6-17-8-13)16-11-4-3-9(12(15)18)7-10(11)14/h3-4,7,16H,2,5-6,8H2,1H3,(H2,15,18). The maximum atomic E-state index is 6.24. The zero-order valence-electron chi connectivity index (χ0n) is 10.3. The predicted octanol–water partition coefficient (Wildman–Crippen LogP) is 2.96. The van der Waals surface area contributed by atoms with Crippen LogP contribution in [0.3, 0.4) is 0 Å². The molecule has 2 rings (SSSR count). The molecule has 0 saturated carbocycles. The molecule has 0 bridgehead atoms. The van der Waals surface area contributed by atoms with Crippen molar-refractivity contribution in [3.63, 3.8) is 0 Å². The lowest BCUT2D eigenvalue weighted by atomic mass is 9.94. The quantitative estimate of drug-likeness (QED) is 0.838. The Balaban J connectivity index is 2.16. The van der Waals surface area contributed by atoms with Gasteiger partial charge in [-0.1, -0.05) is 23.8 Å². The first kappa shape index (κ1) is 13.6. The highest BCUT2D eigenvalue weighted by atomic mass is 35.5. The molecule has 5 heteroatoms. The molecular formula is C13H17ClN2OS. The van der Waals surface area contributed by atoms with E-state index in [2.05, 4.69) is 12.2 Å². The number of ether oxygens (including phenoxy) is 1. The van der Waals surface area contributed by atoms with E-state index in [1.165, 1.54) is 0 Å². The average Bonchev–Trinajstić information content (AvgIpc) is 2.32. The van der Waals surface area contributed by atoms with Crippen molar-refractivity contribution in [1.82, 2.24) is 0 Å². The van der Waals surface area contributed by atoms with Crippen LogP contribution in [0.4, 0.5) is 5.69 Å². The van der Waals surface area contributed by atoms with Crippen LogP contribution in [0.15, 0.2) is 18.2 Å². The minimum Gasteiger partial charge on any atom is -0.389 e. The van der Waals surface area contributed by atoms with Gasteiger partial charge in [-0.05, 0) is 38.0 Å². The number of rotatable bonds is 3. The molecule has 0 aromatic heterocycles. The molecule has 1 aliphatic heterocycles. The highest BCUT2D eigenvalue weighted by Crippen LogP contribution is 2.29. The summed E-state index contributed by atoms with van der Waals surface area (Å²) in [5, 5.41) is 4.08. The number of hydrogen-bond donors (Lipinski definition) is 2. The lowest BCUT2D eigenvalue weighted by molar-refractivity contribution is 0.0540. The third-order valence-corrected chi connectivity index (χ3v) is 3.68. The largest absolute Gasteiger partial charge is 0.389 e. The lowest BCUT2D eigenvalue weighted by Gasteiger charge is -2.35. The minimum absolute atomic E-state index is 0.0629. The molecule has 98 valence electrons. The van der Waals surface area contributed by atoms with Gasteiger partial charge in [0.1, 0.15) is 4.99 Å². The van der Waals surface area contributed by atoms with Gasteiger partial charge < -0.3 is 15.8 Å². The summed E-state index contributed by atoms with van der Waals surface area (Å²) in [6, 6.07) is 5.58. The minimum atomic E-state index is -0.0629. The molecule has 1 aromatic rings. The molecule has 3 N–H and O–H groups in total. The van der Waals surface area contributed by atoms with Gasteiger partial charge in [-0.3, -0.25) is 0 Å². The first-order chi connectivity index (χ1) is 8.50. The van der Waals surface area contributed by atoms with Crippen molar-refractivity contribution in [1.29, 1.82) is 0 Å². The first-order valence-corrected chi connectivity index (χ1v) is 6.74. The second-order valence-electron chi connectivity index (χ2n) is 4.90. The van der Waals surface area contributed by atoms with Crippen LogP contribution in [-0.2, 0) is 4.74 Å². The number of thiocarbonyl (C=S) groups is 1. The van der Waals surface area contributed by atoms with Crippen LogP contribution in [0.1, 0.15) is 25.3 Å². The monoisotopic (exact) mass is 284 g/mol. The predicted molar refractivity (Wildman–Crippen MR) is 79.4 cm³/mol. The molecule has 0 radical (unpaired) electrons. The molecule has 0 spiro atoms. The van der Waals surface area contributed by atoms with Gasteiger partial charge in [-0.15, -0.1) is 0 Å². The number of nitrogens with two attached hydrogens (primary N) is 1. The van der Waals surface area contributed by atoms with Crippen molar-refractivity contribution in [3.8, 4) is 0 Å². The van der Waals surface area contributed by atoms with Crippen molar-refractivity contribution < 1.29 is 4.74 Å². The Bertz CT molecular complexity index is 458. The van der Waals surface area contributed by atoms with E-state index in [9.17, 15) is 0 Å². The SMILES string of the molecule is CC1(Nc2ccc(C(N)=S)cc2Cl)CCCOC1. The lowest BCUT2D eigenvalue weighted by Crippen LogP contribution is -2.43. The topological polar surface area (TPSA) is 47.3 Å². The summed E-state index contributed by atoms with van der Waals surface area (Å²) >= 11 is 11.2. The third-order valence-electron chi connectivity index (χ3n) is 3.13. The highest BCUT2D eigenvalue weighted by molar-refractivity contribution is 7.80. The zero-order chi connectivity index (χ0) is 13.2. The molecule has 1 unspecified atom stereocenters. The fourth-order valence-corrected chi connectivity index (χ4v) is 2.48. The van der Waals surface area contributed by atoms with Crippen molar-refractivity contribution in [2.24, 2.45) is 5.73 Å². The van der Waals surface area contributed by atoms with Gasteiger partial charge in [-0.25, -0.2) is 0 Å². The summed E-state index contributed by atoms with van der Waals surface area (Å²) in [6.07, 6.45) is 2.13. The van der Waals surface area contributed by atoms with E-state index in [4.69, 9.17) is 34.3 Å². The fourth-order valence-electron chi connectivity index (χ4n) is 2.13. The molecule has 1 aromatic carbocycles. The van der Waals surface area contributed by atoms with E-state index >= 15 is 0 Å². The van der Waals surface area contributed by atoms with E-state index < -0.39 is 0 Å². The Labute approximate surface area is 118 Å². The van der Waals surface area contributed by atoms with Crippen LogP contribution in [0, 0.1) is 0 Å². The molecular weight excluding hydrogens is 268 g/mol. The van der Waals surface area contributed by atoms with Crippen molar-refractivity contribution in [3.05, 3.63) is 28.8 Å². The molecule has 0 amide bonds. The summed E-state index contributed by atoms with van der Waals surface area (Å²) < 4.78 is 5.51. The smallest absolute Gasteiger partial charge is 0.104 e. The van der Waals surface area contributed by atoms with E-state index in [1.54, 1.807) is 6.07 Å². The second-order valence-corrected chi connectivity index (χ2v) is 5.75. The summed E-state index contributed by atoms with van der Waals surface area (Å²) in [6.45, 7) is 3.68. The highest BCUT2D eigenvalue weighted by Gasteiger charge is 2.27. The van der Waals surface area contributed by atoms with Gasteiger partial charge in [-0.2, -0.15) is 0 Å². The number of halogens is 1. The average molecular weight is 285 g/mol. The van der Waals surface area contributed by atoms with Crippen molar-refractivity contribution in [2.75, 3.05) is 18.5 Å². The maximum Gasteiger partial charge on any atom is 0.104 e. The fraction of sp³-hybridized carbons (Fsp3) is 0.462. The number of anilines is 1. The van der Waals surface area contributed by atoms with E-state index in [-0.39, 0.29) is 5.54 Å². The number of hydrogen-bond acceptors (Lipinski definition) is 3. The zero-order valence-corrected chi connectivity index (χ0v) is 11.9. The van der Waals surface area contributed by atoms with Crippen molar-refractivity contribution >= 4 is 34.5 Å². The Morgan fingerprint density at radius 1 is 1.56 bits per heavy atom. The normalized spacial score (nSPS) is 23.7. The van der Waals surface area contributed by atoms with Crippen LogP contribution in [-0.4, -0.2) is 23.7 Å². The van der Waals surface area contributed by atoms with E-state index in [0.29, 0.717) is 16.6 Å². The van der Waals surface area contributed by atoms with Crippen LogP contribution in [0.5, 0.6) is 0 Å². The van der Waals surface area contributed by atoms with E-state index in [0.717, 1.165) is 30.7 Å². The Hall–Kier alpha value is -0.840. The van der Waals surface area contributed by atoms with Gasteiger partial charge in [0.15, 0.2) is 0 Å². The van der Waals surface area contributed by atoms with Crippen LogP contribution in [0.25, 0.3) is 0 Å². The van der Waals surface area contributed by atoms with Crippen LogP contribution in [0.2, 0.25) is 5.02 Å². The molecule has 1 saturated heterocycles. The molecule has 1 fully saturated rings. The molecule has 1 atom stereocenters. The molecule has 3 nitrogen and oxygen atoms in total. The summed E-state index contributed by atoms with van der Waals surface area (Å²) in [7, 11) is 0. The Kier molecular flexibility index (Phi) is 4.10. The molecule has 1 heterocycles. The van der Waals surface area contributed by atoms with E-state index in [1.807, 2.05) is 12.1 Å². The van der Waals surface area contributed by atoms with Gasteiger partial charge in [0.2, 0.25) is 0 Å². The maximum absolute atomic E-state index is 6.24. The number of benzene rings is 1. The summed E-state index contributed by atoms with van der Waals surface area (Å²) in [4.78, 5) is 0.357. The van der Waals surface area contributed by atoms with Crippen molar-refractivity contribution in [2.45, 2.75) is 25.3 Å². The molecule has 18 heavy (non-hydrogen) atoms. The van der Waals surface area contributed by atoms with Crippen LogP contribution >= 0.6 is 23.8 Å². The summed E-state index contributed by atoms with van der Waals surface area (Å²) in [5.74, 6) is 0. The third kappa shape index (κ3) is 3.13. The Morgan fingerprint density at radius 2 is 2.33 bits per heavy atom. The van der Waals surface area contributed by atoms with Gasteiger partial charge >= 0.3 is 0 Å². The Morgan fingerprint density at radius 3 is 2.89 bits per heavy atom. The molecule has 1 aliphatic rings. The van der Waals surface area contributed by atoms with Crippen LogP contribution < -0.4 is 11.1 Å². The molecule has 0 aliphatic carbocycles. The van der Waals surface area contributed by atoms with Gasteiger partial charge in [0.05, 0.1) is 22.9 Å². The number of nitrogens with one attached hydrogen (secondary N) is 1. The summed E-state index contributed by atoms with van der Waals surface area (Å²) in [5.41, 5.74) is 7.19.